The van der Waals surface area contributed by atoms with Gasteiger partial charge in [0.15, 0.2) is 0 Å². The standard InChI is InChI=1S/C17H19N3O2/c1-12-4-5-15(10-13(12)2)20-8-6-14(11-18)16(20)17(21)19-7-9-22-3/h4-6,8,10H,7,9H2,1-3H3,(H,19,21). The topological polar surface area (TPSA) is 67.0 Å². The highest BCUT2D eigenvalue weighted by molar-refractivity contribution is 5.95. The van der Waals surface area contributed by atoms with Crippen molar-refractivity contribution >= 4 is 5.91 Å². The van der Waals surface area contributed by atoms with Crippen molar-refractivity contribution in [3.8, 4) is 11.8 Å². The van der Waals surface area contributed by atoms with Crippen LogP contribution >= 0.6 is 0 Å². The Labute approximate surface area is 130 Å². The van der Waals surface area contributed by atoms with E-state index in [2.05, 4.69) is 11.4 Å². The zero-order valence-corrected chi connectivity index (χ0v) is 13.0. The predicted octanol–water partition coefficient (Wildman–Crippen LogP) is 2.34. The number of hydrogen-bond donors (Lipinski definition) is 1. The van der Waals surface area contributed by atoms with Crippen LogP contribution in [0.2, 0.25) is 0 Å². The van der Waals surface area contributed by atoms with E-state index in [1.807, 2.05) is 32.0 Å². The lowest BCUT2D eigenvalue weighted by Gasteiger charge is -2.12. The number of nitrogens with one attached hydrogen (secondary N) is 1. The first-order valence-corrected chi connectivity index (χ1v) is 7.04. The first kappa shape index (κ1) is 15.8. The quantitative estimate of drug-likeness (QED) is 0.861. The SMILES string of the molecule is COCCNC(=O)c1c(C#N)ccn1-c1ccc(C)c(C)c1. The second kappa shape index (κ2) is 6.92. The van der Waals surface area contributed by atoms with Crippen LogP contribution in [0, 0.1) is 25.2 Å². The highest BCUT2D eigenvalue weighted by Crippen LogP contribution is 2.19. The van der Waals surface area contributed by atoms with Gasteiger partial charge >= 0.3 is 0 Å². The maximum Gasteiger partial charge on any atom is 0.269 e. The molecule has 1 aromatic carbocycles. The molecule has 5 nitrogen and oxygen atoms in total. The summed E-state index contributed by atoms with van der Waals surface area (Å²) in [6, 6.07) is 9.67. The summed E-state index contributed by atoms with van der Waals surface area (Å²) < 4.78 is 6.67. The molecule has 5 heteroatoms. The zero-order chi connectivity index (χ0) is 16.1. The largest absolute Gasteiger partial charge is 0.383 e. The molecule has 0 aliphatic heterocycles. The normalized spacial score (nSPS) is 10.3. The van der Waals surface area contributed by atoms with Gasteiger partial charge in [-0.25, -0.2) is 0 Å². The van der Waals surface area contributed by atoms with E-state index in [-0.39, 0.29) is 5.91 Å². The number of carbonyl (C=O) groups is 1. The van der Waals surface area contributed by atoms with Gasteiger partial charge in [-0.05, 0) is 43.2 Å². The lowest BCUT2D eigenvalue weighted by atomic mass is 10.1. The van der Waals surface area contributed by atoms with Gasteiger partial charge in [-0.3, -0.25) is 4.79 Å². The van der Waals surface area contributed by atoms with E-state index >= 15 is 0 Å². The number of aromatic nitrogens is 1. The summed E-state index contributed by atoms with van der Waals surface area (Å²) in [6.07, 6.45) is 1.74. The fourth-order valence-corrected chi connectivity index (χ4v) is 2.20. The van der Waals surface area contributed by atoms with Gasteiger partial charge in [-0.1, -0.05) is 6.07 Å². The third-order valence-corrected chi connectivity index (χ3v) is 3.58. The number of carbonyl (C=O) groups excluding carboxylic acids is 1. The highest BCUT2D eigenvalue weighted by atomic mass is 16.5. The molecule has 2 aromatic rings. The van der Waals surface area contributed by atoms with Gasteiger partial charge in [-0.2, -0.15) is 5.26 Å². The molecule has 0 fully saturated rings. The Hall–Kier alpha value is -2.58. The molecule has 114 valence electrons. The molecule has 0 bridgehead atoms. The Morgan fingerprint density at radius 1 is 1.32 bits per heavy atom. The lowest BCUT2D eigenvalue weighted by molar-refractivity contribution is 0.0930. The number of rotatable bonds is 5. The molecular weight excluding hydrogens is 278 g/mol. The van der Waals surface area contributed by atoms with Crippen molar-refractivity contribution < 1.29 is 9.53 Å². The van der Waals surface area contributed by atoms with Crippen LogP contribution in [0.5, 0.6) is 0 Å². The van der Waals surface area contributed by atoms with Gasteiger partial charge in [0.1, 0.15) is 11.8 Å². The predicted molar refractivity (Wildman–Crippen MR) is 84.2 cm³/mol. The van der Waals surface area contributed by atoms with Gasteiger partial charge in [-0.15, -0.1) is 0 Å². The van der Waals surface area contributed by atoms with E-state index in [0.29, 0.717) is 24.4 Å². The summed E-state index contributed by atoms with van der Waals surface area (Å²) in [5, 5.41) is 12.0. The van der Waals surface area contributed by atoms with Crippen molar-refractivity contribution in [1.29, 1.82) is 5.26 Å². The molecule has 0 aliphatic rings. The Morgan fingerprint density at radius 2 is 2.09 bits per heavy atom. The summed E-state index contributed by atoms with van der Waals surface area (Å²) in [6.45, 7) is 4.88. The summed E-state index contributed by atoms with van der Waals surface area (Å²) in [5.41, 5.74) is 3.88. The number of ether oxygens (including phenoxy) is 1. The van der Waals surface area contributed by atoms with E-state index in [1.54, 1.807) is 23.9 Å². The molecule has 0 saturated heterocycles. The van der Waals surface area contributed by atoms with Crippen molar-refractivity contribution in [3.05, 3.63) is 52.8 Å². The van der Waals surface area contributed by atoms with Gasteiger partial charge in [0.05, 0.1) is 12.2 Å². The van der Waals surface area contributed by atoms with Crippen LogP contribution in [0.4, 0.5) is 0 Å². The van der Waals surface area contributed by atoms with Crippen molar-refractivity contribution in [2.45, 2.75) is 13.8 Å². The minimum atomic E-state index is -0.281. The molecule has 1 amide bonds. The summed E-state index contributed by atoms with van der Waals surface area (Å²) in [7, 11) is 1.57. The van der Waals surface area contributed by atoms with Crippen LogP contribution in [0.15, 0.2) is 30.5 Å². The molecule has 1 N–H and O–H groups in total. The smallest absolute Gasteiger partial charge is 0.269 e. The summed E-state index contributed by atoms with van der Waals surface area (Å²) >= 11 is 0. The lowest BCUT2D eigenvalue weighted by Crippen LogP contribution is -2.29. The molecule has 1 aromatic heterocycles. The first-order valence-electron chi connectivity index (χ1n) is 7.04. The molecule has 2 rings (SSSR count). The monoisotopic (exact) mass is 297 g/mol. The van der Waals surface area contributed by atoms with Crippen LogP contribution in [0.3, 0.4) is 0 Å². The van der Waals surface area contributed by atoms with Crippen LogP contribution in [0.1, 0.15) is 27.2 Å². The third-order valence-electron chi connectivity index (χ3n) is 3.58. The molecule has 0 unspecified atom stereocenters. The Kier molecular flexibility index (Phi) is 4.97. The summed E-state index contributed by atoms with van der Waals surface area (Å²) in [5.74, 6) is -0.281. The molecule has 22 heavy (non-hydrogen) atoms. The molecule has 0 spiro atoms. The van der Waals surface area contributed by atoms with Crippen molar-refractivity contribution in [3.63, 3.8) is 0 Å². The van der Waals surface area contributed by atoms with Gasteiger partial charge in [0.2, 0.25) is 0 Å². The average Bonchev–Trinajstić information content (AvgIpc) is 2.94. The average molecular weight is 297 g/mol. The Bertz CT molecular complexity index is 726. The summed E-state index contributed by atoms with van der Waals surface area (Å²) in [4.78, 5) is 12.4. The van der Waals surface area contributed by atoms with Gasteiger partial charge in [0.25, 0.3) is 5.91 Å². The molecule has 0 aliphatic carbocycles. The number of nitrogens with zero attached hydrogens (tertiary/aromatic N) is 2. The van der Waals surface area contributed by atoms with Gasteiger partial charge < -0.3 is 14.6 Å². The van der Waals surface area contributed by atoms with E-state index < -0.39 is 0 Å². The fourth-order valence-electron chi connectivity index (χ4n) is 2.20. The van der Waals surface area contributed by atoms with Crippen molar-refractivity contribution in [2.24, 2.45) is 0 Å². The minimum absolute atomic E-state index is 0.281. The highest BCUT2D eigenvalue weighted by Gasteiger charge is 2.18. The van der Waals surface area contributed by atoms with Crippen LogP contribution in [-0.2, 0) is 4.74 Å². The molecule has 1 heterocycles. The first-order chi connectivity index (χ1) is 10.6. The zero-order valence-electron chi connectivity index (χ0n) is 13.0. The van der Waals surface area contributed by atoms with E-state index in [4.69, 9.17) is 4.74 Å². The Morgan fingerprint density at radius 3 is 2.73 bits per heavy atom. The number of methoxy groups -OCH3 is 1. The maximum absolute atomic E-state index is 12.4. The number of amides is 1. The number of nitriles is 1. The third kappa shape index (κ3) is 3.18. The van der Waals surface area contributed by atoms with Crippen LogP contribution in [0.25, 0.3) is 5.69 Å². The van der Waals surface area contributed by atoms with Crippen molar-refractivity contribution in [2.75, 3.05) is 20.3 Å². The van der Waals surface area contributed by atoms with Crippen molar-refractivity contribution in [1.82, 2.24) is 9.88 Å². The van der Waals surface area contributed by atoms with Crippen LogP contribution < -0.4 is 5.32 Å². The van der Waals surface area contributed by atoms with E-state index in [1.165, 1.54) is 5.56 Å². The molecule has 0 radical (unpaired) electrons. The number of aryl methyl sites for hydroxylation is 2. The molecule has 0 saturated carbocycles. The van der Waals surface area contributed by atoms with Gasteiger partial charge in [0, 0.05) is 25.5 Å². The van der Waals surface area contributed by atoms with Crippen LogP contribution in [-0.4, -0.2) is 30.7 Å². The minimum Gasteiger partial charge on any atom is -0.383 e. The number of benzene rings is 1. The molecule has 0 atom stereocenters. The van der Waals surface area contributed by atoms with E-state index in [0.717, 1.165) is 11.3 Å². The Balaban J connectivity index is 2.40. The molecular formula is C17H19N3O2. The maximum atomic E-state index is 12.4. The second-order valence-corrected chi connectivity index (χ2v) is 5.08. The second-order valence-electron chi connectivity index (χ2n) is 5.08. The van der Waals surface area contributed by atoms with E-state index in [9.17, 15) is 10.1 Å². The fraction of sp³-hybridized carbons (Fsp3) is 0.294. The number of hydrogen-bond acceptors (Lipinski definition) is 3.